The van der Waals surface area contributed by atoms with Crippen LogP contribution in [0.2, 0.25) is 0 Å². The van der Waals surface area contributed by atoms with Crippen molar-refractivity contribution >= 4 is 17.9 Å². The van der Waals surface area contributed by atoms with Gasteiger partial charge in [0.2, 0.25) is 0 Å². The van der Waals surface area contributed by atoms with Gasteiger partial charge in [-0.2, -0.15) is 0 Å². The minimum atomic E-state index is 0.0752. The SMILES string of the molecule is C/C=c1/cc(C(C)=O)[nH]/c1=C/C. The molecule has 64 valence electrons. The van der Waals surface area contributed by atoms with Gasteiger partial charge >= 0.3 is 0 Å². The average Bonchev–Trinajstić information content (AvgIpc) is 2.46. The topological polar surface area (TPSA) is 32.9 Å². The second-order valence-electron chi connectivity index (χ2n) is 2.69. The van der Waals surface area contributed by atoms with E-state index in [-0.39, 0.29) is 5.78 Å². The third kappa shape index (κ3) is 1.47. The van der Waals surface area contributed by atoms with Gasteiger partial charge in [0.1, 0.15) is 0 Å². The van der Waals surface area contributed by atoms with E-state index in [1.165, 1.54) is 0 Å². The highest BCUT2D eigenvalue weighted by atomic mass is 16.1. The van der Waals surface area contributed by atoms with E-state index in [0.29, 0.717) is 5.69 Å². The molecule has 0 unspecified atom stereocenters. The van der Waals surface area contributed by atoms with Gasteiger partial charge in [0, 0.05) is 12.3 Å². The molecule has 1 heterocycles. The molecule has 12 heavy (non-hydrogen) atoms. The van der Waals surface area contributed by atoms with E-state index in [1.807, 2.05) is 32.1 Å². The molecule has 0 fully saturated rings. The van der Waals surface area contributed by atoms with E-state index < -0.39 is 0 Å². The predicted molar refractivity (Wildman–Crippen MR) is 50.3 cm³/mol. The van der Waals surface area contributed by atoms with Crippen molar-refractivity contribution in [1.82, 2.24) is 4.98 Å². The lowest BCUT2D eigenvalue weighted by Crippen LogP contribution is -2.20. The first-order chi connectivity index (χ1) is 5.69. The van der Waals surface area contributed by atoms with Crippen molar-refractivity contribution in [2.24, 2.45) is 0 Å². The number of hydrogen-bond donors (Lipinski definition) is 1. The number of hydrogen-bond acceptors (Lipinski definition) is 1. The minimum Gasteiger partial charge on any atom is -0.352 e. The third-order valence-corrected chi connectivity index (χ3v) is 1.86. The first kappa shape index (κ1) is 8.78. The Hall–Kier alpha value is -1.31. The molecule has 0 bridgehead atoms. The Bertz CT molecular complexity index is 366. The number of Topliss-reactive ketones (excluding diaryl/α,β-unsaturated/α-hetero) is 1. The van der Waals surface area contributed by atoms with E-state index in [1.54, 1.807) is 6.92 Å². The number of aromatic amines is 1. The van der Waals surface area contributed by atoms with Crippen LogP contribution in [-0.2, 0) is 0 Å². The fourth-order valence-electron chi connectivity index (χ4n) is 1.15. The van der Waals surface area contributed by atoms with Gasteiger partial charge in [0.05, 0.1) is 5.69 Å². The van der Waals surface area contributed by atoms with Crippen LogP contribution in [0.15, 0.2) is 6.07 Å². The molecule has 0 amide bonds. The van der Waals surface area contributed by atoms with Crippen molar-refractivity contribution < 1.29 is 4.79 Å². The fourth-order valence-corrected chi connectivity index (χ4v) is 1.15. The second-order valence-corrected chi connectivity index (χ2v) is 2.69. The Kier molecular flexibility index (Phi) is 2.48. The maximum Gasteiger partial charge on any atom is 0.175 e. The highest BCUT2D eigenvalue weighted by Crippen LogP contribution is 1.87. The molecule has 0 saturated carbocycles. The minimum absolute atomic E-state index is 0.0752. The summed E-state index contributed by atoms with van der Waals surface area (Å²) in [5.74, 6) is 0.0752. The highest BCUT2D eigenvalue weighted by Gasteiger charge is 1.99. The largest absolute Gasteiger partial charge is 0.352 e. The molecule has 2 nitrogen and oxygen atoms in total. The van der Waals surface area contributed by atoms with Crippen LogP contribution in [0.5, 0.6) is 0 Å². The van der Waals surface area contributed by atoms with Gasteiger partial charge in [-0.15, -0.1) is 0 Å². The van der Waals surface area contributed by atoms with E-state index in [0.717, 1.165) is 10.6 Å². The molecular formula is C10H13NO. The van der Waals surface area contributed by atoms with E-state index in [4.69, 9.17) is 0 Å². The fraction of sp³-hybridized carbons (Fsp3) is 0.300. The van der Waals surface area contributed by atoms with E-state index >= 15 is 0 Å². The molecule has 0 aromatic carbocycles. The number of rotatable bonds is 1. The zero-order chi connectivity index (χ0) is 9.14. The van der Waals surface area contributed by atoms with Crippen LogP contribution in [-0.4, -0.2) is 10.8 Å². The molecule has 1 N–H and O–H groups in total. The number of carbonyl (C=O) groups is 1. The number of ketones is 1. The van der Waals surface area contributed by atoms with Gasteiger partial charge in [0.15, 0.2) is 5.78 Å². The lowest BCUT2D eigenvalue weighted by atomic mass is 10.3. The van der Waals surface area contributed by atoms with Gasteiger partial charge < -0.3 is 4.98 Å². The molecule has 0 aliphatic rings. The Morgan fingerprint density at radius 1 is 1.42 bits per heavy atom. The van der Waals surface area contributed by atoms with Crippen molar-refractivity contribution in [1.29, 1.82) is 0 Å². The maximum atomic E-state index is 11.0. The second kappa shape index (κ2) is 3.39. The Balaban J connectivity index is 3.45. The summed E-state index contributed by atoms with van der Waals surface area (Å²) >= 11 is 0. The maximum absolute atomic E-state index is 11.0. The quantitative estimate of drug-likeness (QED) is 0.611. The summed E-state index contributed by atoms with van der Waals surface area (Å²) in [6.07, 6.45) is 3.94. The Morgan fingerprint density at radius 3 is 2.42 bits per heavy atom. The summed E-state index contributed by atoms with van der Waals surface area (Å²) in [5.41, 5.74) is 0.677. The molecule has 0 saturated heterocycles. The van der Waals surface area contributed by atoms with Crippen molar-refractivity contribution in [2.75, 3.05) is 0 Å². The highest BCUT2D eigenvalue weighted by molar-refractivity contribution is 5.92. The van der Waals surface area contributed by atoms with Crippen LogP contribution in [0.4, 0.5) is 0 Å². The lowest BCUT2D eigenvalue weighted by Gasteiger charge is -1.83. The van der Waals surface area contributed by atoms with Gasteiger partial charge in [-0.3, -0.25) is 4.79 Å². The number of H-pyrrole nitrogens is 1. The van der Waals surface area contributed by atoms with Gasteiger partial charge in [-0.25, -0.2) is 0 Å². The standard InChI is InChI=1S/C10H13NO/c1-4-8-6-10(7(3)12)11-9(8)5-2/h4-6,11H,1-3H3/b8-4-,9-5+. The van der Waals surface area contributed by atoms with Crippen LogP contribution in [0.1, 0.15) is 31.3 Å². The zero-order valence-corrected chi connectivity index (χ0v) is 7.64. The molecule has 1 aromatic heterocycles. The monoisotopic (exact) mass is 163 g/mol. The number of aromatic nitrogens is 1. The van der Waals surface area contributed by atoms with Crippen LogP contribution in [0, 0.1) is 0 Å². The molecule has 0 spiro atoms. The van der Waals surface area contributed by atoms with Crippen molar-refractivity contribution in [2.45, 2.75) is 20.8 Å². The lowest BCUT2D eigenvalue weighted by molar-refractivity contribution is 0.101. The zero-order valence-electron chi connectivity index (χ0n) is 7.64. The van der Waals surface area contributed by atoms with E-state index in [9.17, 15) is 4.79 Å². The summed E-state index contributed by atoms with van der Waals surface area (Å²) < 4.78 is 0. The predicted octanol–water partition coefficient (Wildman–Crippen LogP) is 0.818. The first-order valence-electron chi connectivity index (χ1n) is 4.01. The van der Waals surface area contributed by atoms with Gasteiger partial charge in [0.25, 0.3) is 0 Å². The van der Waals surface area contributed by atoms with Crippen LogP contribution >= 0.6 is 0 Å². The molecule has 0 atom stereocenters. The van der Waals surface area contributed by atoms with Crippen molar-refractivity contribution in [3.63, 3.8) is 0 Å². The third-order valence-electron chi connectivity index (χ3n) is 1.86. The van der Waals surface area contributed by atoms with Crippen LogP contribution in [0.25, 0.3) is 12.2 Å². The summed E-state index contributed by atoms with van der Waals surface area (Å²) in [6, 6.07) is 1.87. The van der Waals surface area contributed by atoms with Crippen molar-refractivity contribution in [3.05, 3.63) is 22.3 Å². The van der Waals surface area contributed by atoms with Gasteiger partial charge in [-0.05, 0) is 25.1 Å². The Labute approximate surface area is 71.6 Å². The van der Waals surface area contributed by atoms with Crippen LogP contribution < -0.4 is 10.6 Å². The number of nitrogens with one attached hydrogen (secondary N) is 1. The first-order valence-corrected chi connectivity index (χ1v) is 4.01. The summed E-state index contributed by atoms with van der Waals surface area (Å²) in [4.78, 5) is 14.0. The Morgan fingerprint density at radius 2 is 2.08 bits per heavy atom. The average molecular weight is 163 g/mol. The molecular weight excluding hydrogens is 150 g/mol. The smallest absolute Gasteiger partial charge is 0.175 e. The van der Waals surface area contributed by atoms with E-state index in [2.05, 4.69) is 4.98 Å². The van der Waals surface area contributed by atoms with Crippen LogP contribution in [0.3, 0.4) is 0 Å². The van der Waals surface area contributed by atoms with Crippen molar-refractivity contribution in [3.8, 4) is 0 Å². The molecule has 2 heteroatoms. The molecule has 1 rings (SSSR count). The molecule has 0 aliphatic carbocycles. The number of carbonyl (C=O) groups excluding carboxylic acids is 1. The normalized spacial score (nSPS) is 13.9. The summed E-state index contributed by atoms with van der Waals surface area (Å²) in [7, 11) is 0. The van der Waals surface area contributed by atoms with Gasteiger partial charge in [-0.1, -0.05) is 12.2 Å². The summed E-state index contributed by atoms with van der Waals surface area (Å²) in [6.45, 7) is 5.47. The molecule has 1 aromatic rings. The molecule has 0 radical (unpaired) electrons. The summed E-state index contributed by atoms with van der Waals surface area (Å²) in [5, 5.41) is 2.10. The molecule has 0 aliphatic heterocycles.